The second-order valence-corrected chi connectivity index (χ2v) is 5.71. The third-order valence-corrected chi connectivity index (χ3v) is 4.81. The van der Waals surface area contributed by atoms with Gasteiger partial charge in [-0.15, -0.1) is 0 Å². The number of hydrogen-bond acceptors (Lipinski definition) is 0. The predicted molar refractivity (Wildman–Crippen MR) is 59.1 cm³/mol. The summed E-state index contributed by atoms with van der Waals surface area (Å²) in [5, 5.41) is 2.49. The summed E-state index contributed by atoms with van der Waals surface area (Å²) >= 11 is 5.70. The molecule has 14 heavy (non-hydrogen) atoms. The Bertz CT molecular complexity index is 346. The van der Waals surface area contributed by atoms with Crippen molar-refractivity contribution in [3.63, 3.8) is 0 Å². The Hall–Kier alpha value is -0.611. The van der Waals surface area contributed by atoms with Crippen molar-refractivity contribution in [1.82, 2.24) is 0 Å². The Kier molecular flexibility index (Phi) is 3.37. The van der Waals surface area contributed by atoms with E-state index < -0.39 is 6.61 Å². The molecule has 0 radical (unpaired) electrons. The fourth-order valence-electron chi connectivity index (χ4n) is 1.24. The molecule has 0 nitrogen and oxygen atoms in total. The van der Waals surface area contributed by atoms with Crippen LogP contribution in [0.15, 0.2) is 60.7 Å². The van der Waals surface area contributed by atoms with Crippen LogP contribution in [0.2, 0.25) is 0 Å². The van der Waals surface area contributed by atoms with Crippen LogP contribution in [-0.2, 0) is 15.6 Å². The molecule has 0 heterocycles. The van der Waals surface area contributed by atoms with Crippen molar-refractivity contribution >= 4 is 17.2 Å². The van der Waals surface area contributed by atoms with E-state index in [1.54, 1.807) is 0 Å². The van der Waals surface area contributed by atoms with Gasteiger partial charge in [-0.2, -0.15) is 0 Å². The van der Waals surface area contributed by atoms with Crippen molar-refractivity contribution in [1.29, 1.82) is 0 Å². The third-order valence-electron chi connectivity index (χ3n) is 1.93. The summed E-state index contributed by atoms with van der Waals surface area (Å²) in [5.41, 5.74) is 0. The van der Waals surface area contributed by atoms with Gasteiger partial charge >= 0.3 is 93.5 Å². The van der Waals surface area contributed by atoms with Gasteiger partial charge in [0, 0.05) is 0 Å². The second kappa shape index (κ2) is 4.75. The van der Waals surface area contributed by atoms with Crippen molar-refractivity contribution < 1.29 is 15.6 Å². The Morgan fingerprint density at radius 1 is 0.643 bits per heavy atom. The average Bonchev–Trinajstić information content (AvgIpc) is 2.30. The maximum atomic E-state index is 5.70. The van der Waals surface area contributed by atoms with Gasteiger partial charge in [-0.3, -0.25) is 0 Å². The molecule has 0 aliphatic carbocycles. The van der Waals surface area contributed by atoms with Gasteiger partial charge in [0.2, 0.25) is 0 Å². The molecule has 0 fully saturated rings. The van der Waals surface area contributed by atoms with Crippen LogP contribution in [0.5, 0.6) is 0 Å². The normalized spacial score (nSPS) is 10.5. The topological polar surface area (TPSA) is 0 Å². The first kappa shape index (κ1) is 9.93. The van der Waals surface area contributed by atoms with Crippen LogP contribution in [0.3, 0.4) is 0 Å². The molecule has 0 saturated carbocycles. The molecule has 74 valence electrons. The van der Waals surface area contributed by atoms with Crippen LogP contribution >= 0.6 is 6.61 Å². The van der Waals surface area contributed by atoms with Crippen LogP contribution in [0.4, 0.5) is 0 Å². The van der Waals surface area contributed by atoms with Crippen molar-refractivity contribution in [2.75, 3.05) is 0 Å². The summed E-state index contributed by atoms with van der Waals surface area (Å²) in [6.07, 6.45) is 0. The summed E-state index contributed by atoms with van der Waals surface area (Å²) < 4.78 is 0. The van der Waals surface area contributed by atoms with Crippen molar-refractivity contribution in [3.8, 4) is 0 Å². The summed E-state index contributed by atoms with van der Waals surface area (Å²) in [4.78, 5) is 0. The molecular formula is C12H10CuP. The Labute approximate surface area is 93.5 Å². The van der Waals surface area contributed by atoms with Crippen LogP contribution in [0.25, 0.3) is 0 Å². The van der Waals surface area contributed by atoms with Gasteiger partial charge < -0.3 is 0 Å². The van der Waals surface area contributed by atoms with Crippen molar-refractivity contribution in [2.24, 2.45) is 0 Å². The zero-order valence-electron chi connectivity index (χ0n) is 7.52. The molecule has 0 amide bonds. The van der Waals surface area contributed by atoms with Gasteiger partial charge in [0.05, 0.1) is 0 Å². The summed E-state index contributed by atoms with van der Waals surface area (Å²) in [6, 6.07) is 20.6. The van der Waals surface area contributed by atoms with Gasteiger partial charge in [0.1, 0.15) is 0 Å². The van der Waals surface area contributed by atoms with E-state index in [9.17, 15) is 0 Å². The zero-order valence-corrected chi connectivity index (χ0v) is 9.36. The van der Waals surface area contributed by atoms with Gasteiger partial charge in [-0.05, 0) is 0 Å². The summed E-state index contributed by atoms with van der Waals surface area (Å²) in [7, 11) is 0. The van der Waals surface area contributed by atoms with Crippen LogP contribution in [0, 0.1) is 0 Å². The maximum absolute atomic E-state index is 5.70. The number of rotatable bonds is 2. The van der Waals surface area contributed by atoms with E-state index in [4.69, 9.17) is 15.6 Å². The number of hydrogen-bond donors (Lipinski definition) is 0. The van der Waals surface area contributed by atoms with Crippen LogP contribution < -0.4 is 10.6 Å². The van der Waals surface area contributed by atoms with Gasteiger partial charge in [0.15, 0.2) is 0 Å². The minimum absolute atomic E-state index is 0.608. The van der Waals surface area contributed by atoms with E-state index in [0.717, 1.165) is 0 Å². The molecule has 0 N–H and O–H groups in total. The Morgan fingerprint density at radius 3 is 1.36 bits per heavy atom. The molecule has 0 aliphatic rings. The van der Waals surface area contributed by atoms with Gasteiger partial charge in [-0.1, -0.05) is 0 Å². The Morgan fingerprint density at radius 2 is 1.00 bits per heavy atom. The van der Waals surface area contributed by atoms with Gasteiger partial charge in [0.25, 0.3) is 0 Å². The fraction of sp³-hybridized carbons (Fsp3) is 0. The SMILES string of the molecule is [Cu][P](c1ccccc1)c1ccccc1. The molecule has 0 atom stereocenters. The first-order valence-corrected chi connectivity index (χ1v) is 6.83. The molecule has 0 unspecified atom stereocenters. The summed E-state index contributed by atoms with van der Waals surface area (Å²) in [5.74, 6) is 0. The van der Waals surface area contributed by atoms with E-state index >= 15 is 0 Å². The predicted octanol–water partition coefficient (Wildman–Crippen LogP) is 2.58. The fourth-order valence-corrected chi connectivity index (χ4v) is 3.21. The third kappa shape index (κ3) is 2.25. The van der Waals surface area contributed by atoms with Crippen LogP contribution in [-0.4, -0.2) is 0 Å². The van der Waals surface area contributed by atoms with Crippen LogP contribution in [0.1, 0.15) is 0 Å². The first-order chi connectivity index (χ1) is 6.88. The molecule has 2 aromatic rings. The van der Waals surface area contributed by atoms with E-state index in [2.05, 4.69) is 24.3 Å². The molecule has 2 heteroatoms. The molecule has 0 spiro atoms. The first-order valence-electron chi connectivity index (χ1n) is 4.40. The monoisotopic (exact) mass is 248 g/mol. The van der Waals surface area contributed by atoms with Crippen molar-refractivity contribution in [2.45, 2.75) is 0 Å². The summed E-state index contributed by atoms with van der Waals surface area (Å²) in [6.45, 7) is -0.608. The van der Waals surface area contributed by atoms with E-state index in [1.807, 2.05) is 36.4 Å². The van der Waals surface area contributed by atoms with E-state index in [0.29, 0.717) is 0 Å². The Balaban J connectivity index is 2.30. The average molecular weight is 249 g/mol. The molecule has 0 aromatic heterocycles. The number of benzene rings is 2. The zero-order chi connectivity index (χ0) is 9.80. The van der Waals surface area contributed by atoms with E-state index in [1.165, 1.54) is 10.6 Å². The molecule has 0 saturated heterocycles. The molecule has 0 aliphatic heterocycles. The van der Waals surface area contributed by atoms with Crippen molar-refractivity contribution in [3.05, 3.63) is 60.7 Å². The molecule has 0 bridgehead atoms. The molecule has 2 aromatic carbocycles. The quantitative estimate of drug-likeness (QED) is 0.566. The van der Waals surface area contributed by atoms with Gasteiger partial charge in [-0.25, -0.2) is 0 Å². The minimum atomic E-state index is -0.608. The second-order valence-electron chi connectivity index (χ2n) is 2.92. The standard InChI is InChI=1S/C12H10P.Cu/c1-3-7-11(8-4-1)13-12-9-5-2-6-10-12;/h1-10H;/q-1;+1. The van der Waals surface area contributed by atoms with E-state index in [-0.39, 0.29) is 0 Å². The molecule has 2 rings (SSSR count). The molecular weight excluding hydrogens is 239 g/mol.